The highest BCUT2D eigenvalue weighted by Crippen LogP contribution is 2.24. The number of rotatable bonds is 9. The van der Waals surface area contributed by atoms with Crippen molar-refractivity contribution in [3.05, 3.63) is 54.1 Å². The van der Waals surface area contributed by atoms with E-state index in [1.165, 1.54) is 5.56 Å². The van der Waals surface area contributed by atoms with Crippen LogP contribution >= 0.6 is 0 Å². The topological polar surface area (TPSA) is 70.7 Å². The van der Waals surface area contributed by atoms with Crippen molar-refractivity contribution in [1.82, 2.24) is 5.32 Å². The number of hydrogen-bond acceptors (Lipinski definition) is 5. The maximum atomic E-state index is 11.8. The van der Waals surface area contributed by atoms with Crippen molar-refractivity contribution in [2.45, 2.75) is 32.2 Å². The van der Waals surface area contributed by atoms with Gasteiger partial charge in [-0.15, -0.1) is 0 Å². The third-order valence-electron chi connectivity index (χ3n) is 5.38. The molecule has 0 saturated carbocycles. The molecule has 6 nitrogen and oxygen atoms in total. The van der Waals surface area contributed by atoms with E-state index in [9.17, 15) is 8.42 Å². The van der Waals surface area contributed by atoms with E-state index < -0.39 is 10.0 Å². The van der Waals surface area contributed by atoms with Gasteiger partial charge in [0.1, 0.15) is 5.75 Å². The quantitative estimate of drug-likeness (QED) is 0.655. The third kappa shape index (κ3) is 6.11. The van der Waals surface area contributed by atoms with Crippen molar-refractivity contribution in [2.24, 2.45) is 0 Å². The van der Waals surface area contributed by atoms with E-state index in [-0.39, 0.29) is 5.75 Å². The first kappa shape index (κ1) is 21.5. The zero-order valence-electron chi connectivity index (χ0n) is 17.2. The number of nitrogens with one attached hydrogen (secondary N) is 2. The van der Waals surface area contributed by atoms with Crippen LogP contribution in [0.15, 0.2) is 48.5 Å². The number of methoxy groups -OCH3 is 1. The Kier molecular flexibility index (Phi) is 7.39. The van der Waals surface area contributed by atoms with E-state index in [1.807, 2.05) is 36.4 Å². The first-order valence-electron chi connectivity index (χ1n) is 10.2. The molecule has 2 aromatic rings. The molecule has 3 rings (SSSR count). The molecule has 0 amide bonds. The molecule has 1 fully saturated rings. The minimum absolute atomic E-state index is 0.0726. The summed E-state index contributed by atoms with van der Waals surface area (Å²) in [7, 11) is -1.54. The van der Waals surface area contributed by atoms with Crippen molar-refractivity contribution >= 4 is 21.4 Å². The van der Waals surface area contributed by atoms with Gasteiger partial charge in [0.2, 0.25) is 10.0 Å². The number of piperidine rings is 1. The van der Waals surface area contributed by atoms with E-state index in [0.717, 1.165) is 50.3 Å². The molecule has 0 spiro atoms. The van der Waals surface area contributed by atoms with Crippen LogP contribution in [0.5, 0.6) is 5.75 Å². The van der Waals surface area contributed by atoms with Crippen molar-refractivity contribution in [3.8, 4) is 5.75 Å². The monoisotopic (exact) mass is 417 g/mol. The minimum atomic E-state index is -3.25. The van der Waals surface area contributed by atoms with Gasteiger partial charge in [0.25, 0.3) is 0 Å². The number of ether oxygens (including phenoxy) is 1. The van der Waals surface area contributed by atoms with Crippen LogP contribution in [0.4, 0.5) is 11.4 Å². The second-order valence-corrected chi connectivity index (χ2v) is 9.34. The Hall–Kier alpha value is -2.25. The van der Waals surface area contributed by atoms with Gasteiger partial charge >= 0.3 is 0 Å². The molecule has 1 saturated heterocycles. The van der Waals surface area contributed by atoms with Gasteiger partial charge in [-0.2, -0.15) is 0 Å². The predicted molar refractivity (Wildman–Crippen MR) is 119 cm³/mol. The molecule has 1 aliphatic heterocycles. The third-order valence-corrected chi connectivity index (χ3v) is 6.69. The SMILES string of the molecule is CCS(=O)(=O)Nc1cccc(N2CCC(NCCc3ccccc3OC)CC2)c1. The molecule has 0 atom stereocenters. The molecular formula is C22H31N3O3S. The Labute approximate surface area is 174 Å². The Morgan fingerprint density at radius 3 is 2.59 bits per heavy atom. The van der Waals surface area contributed by atoms with Crippen LogP contribution in [0.2, 0.25) is 0 Å². The summed E-state index contributed by atoms with van der Waals surface area (Å²) in [5, 5.41) is 3.67. The fourth-order valence-corrected chi connectivity index (χ4v) is 4.31. The number of para-hydroxylation sites is 1. The van der Waals surface area contributed by atoms with Crippen LogP contribution < -0.4 is 19.7 Å². The average molecular weight is 418 g/mol. The number of nitrogens with zero attached hydrogens (tertiary/aromatic N) is 1. The summed E-state index contributed by atoms with van der Waals surface area (Å²) in [6.07, 6.45) is 3.08. The lowest BCUT2D eigenvalue weighted by Crippen LogP contribution is -2.43. The van der Waals surface area contributed by atoms with Gasteiger partial charge in [0, 0.05) is 24.8 Å². The molecule has 7 heteroatoms. The van der Waals surface area contributed by atoms with Gasteiger partial charge in [-0.1, -0.05) is 24.3 Å². The zero-order chi connectivity index (χ0) is 20.7. The summed E-state index contributed by atoms with van der Waals surface area (Å²) in [6.45, 7) is 4.48. The van der Waals surface area contributed by atoms with Crippen LogP contribution in [0, 0.1) is 0 Å². The first-order valence-corrected chi connectivity index (χ1v) is 11.9. The number of anilines is 2. The Balaban J connectivity index is 1.48. The van der Waals surface area contributed by atoms with Crippen molar-refractivity contribution in [1.29, 1.82) is 0 Å². The number of benzene rings is 2. The molecule has 29 heavy (non-hydrogen) atoms. The lowest BCUT2D eigenvalue weighted by atomic mass is 10.0. The maximum Gasteiger partial charge on any atom is 0.232 e. The summed E-state index contributed by atoms with van der Waals surface area (Å²) in [6, 6.07) is 16.3. The molecule has 2 N–H and O–H groups in total. The predicted octanol–water partition coefficient (Wildman–Crippen LogP) is 3.26. The summed E-state index contributed by atoms with van der Waals surface area (Å²) in [4.78, 5) is 2.32. The second kappa shape index (κ2) is 9.98. The maximum absolute atomic E-state index is 11.8. The average Bonchev–Trinajstić information content (AvgIpc) is 2.74. The Bertz CT molecular complexity index is 894. The molecule has 0 unspecified atom stereocenters. The summed E-state index contributed by atoms with van der Waals surface area (Å²) in [5.41, 5.74) is 2.92. The lowest BCUT2D eigenvalue weighted by molar-refractivity contribution is 0.401. The highest BCUT2D eigenvalue weighted by molar-refractivity contribution is 7.92. The number of sulfonamides is 1. The fraction of sp³-hybridized carbons (Fsp3) is 0.455. The van der Waals surface area contributed by atoms with Crippen molar-refractivity contribution < 1.29 is 13.2 Å². The lowest BCUT2D eigenvalue weighted by Gasteiger charge is -2.34. The summed E-state index contributed by atoms with van der Waals surface area (Å²) >= 11 is 0. The van der Waals surface area contributed by atoms with Gasteiger partial charge in [-0.05, 0) is 62.6 Å². The molecule has 2 aromatic carbocycles. The normalized spacial score (nSPS) is 15.3. The van der Waals surface area contributed by atoms with E-state index in [1.54, 1.807) is 20.1 Å². The molecule has 0 bridgehead atoms. The standard InChI is InChI=1S/C22H31N3O3S/c1-3-29(26,27)24-20-8-6-9-21(17-20)25-15-12-19(13-16-25)23-14-11-18-7-4-5-10-22(18)28-2/h4-10,17,19,23-24H,3,11-16H2,1-2H3. The zero-order valence-corrected chi connectivity index (χ0v) is 18.0. The van der Waals surface area contributed by atoms with Crippen LogP contribution in [-0.4, -0.2) is 47.0 Å². The van der Waals surface area contributed by atoms with Crippen LogP contribution in [0.3, 0.4) is 0 Å². The number of hydrogen-bond donors (Lipinski definition) is 2. The van der Waals surface area contributed by atoms with Gasteiger partial charge in [-0.3, -0.25) is 4.72 Å². The Morgan fingerprint density at radius 1 is 1.10 bits per heavy atom. The first-order chi connectivity index (χ1) is 14.0. The molecule has 0 aromatic heterocycles. The van der Waals surface area contributed by atoms with Gasteiger partial charge < -0.3 is 15.0 Å². The highest BCUT2D eigenvalue weighted by atomic mass is 32.2. The smallest absolute Gasteiger partial charge is 0.232 e. The summed E-state index contributed by atoms with van der Waals surface area (Å²) < 4.78 is 31.7. The van der Waals surface area contributed by atoms with Gasteiger partial charge in [-0.25, -0.2) is 8.42 Å². The largest absolute Gasteiger partial charge is 0.496 e. The van der Waals surface area contributed by atoms with Gasteiger partial charge in [0.15, 0.2) is 0 Å². The molecule has 1 aliphatic rings. The minimum Gasteiger partial charge on any atom is -0.496 e. The van der Waals surface area contributed by atoms with Crippen molar-refractivity contribution in [2.75, 3.05) is 42.1 Å². The van der Waals surface area contributed by atoms with E-state index >= 15 is 0 Å². The second-order valence-electron chi connectivity index (χ2n) is 7.33. The Morgan fingerprint density at radius 2 is 1.86 bits per heavy atom. The van der Waals surface area contributed by atoms with Crippen molar-refractivity contribution in [3.63, 3.8) is 0 Å². The fourth-order valence-electron chi connectivity index (χ4n) is 3.68. The van der Waals surface area contributed by atoms with Crippen LogP contribution in [-0.2, 0) is 16.4 Å². The molecule has 1 heterocycles. The van der Waals surface area contributed by atoms with E-state index in [2.05, 4.69) is 21.0 Å². The molecule has 158 valence electrons. The summed E-state index contributed by atoms with van der Waals surface area (Å²) in [5.74, 6) is 1.02. The molecule has 0 aliphatic carbocycles. The van der Waals surface area contributed by atoms with E-state index in [4.69, 9.17) is 4.74 Å². The highest BCUT2D eigenvalue weighted by Gasteiger charge is 2.19. The molecular weight excluding hydrogens is 386 g/mol. The van der Waals surface area contributed by atoms with Crippen LogP contribution in [0.1, 0.15) is 25.3 Å². The molecule has 0 radical (unpaired) electrons. The van der Waals surface area contributed by atoms with Gasteiger partial charge in [0.05, 0.1) is 18.6 Å². The van der Waals surface area contributed by atoms with E-state index in [0.29, 0.717) is 11.7 Å². The van der Waals surface area contributed by atoms with Crippen LogP contribution in [0.25, 0.3) is 0 Å².